The van der Waals surface area contributed by atoms with Crippen molar-refractivity contribution >= 4 is 34.4 Å². The second-order valence-electron chi connectivity index (χ2n) is 7.19. The molecule has 9 heteroatoms. The maximum atomic E-state index is 13.0. The van der Waals surface area contributed by atoms with Crippen molar-refractivity contribution in [1.82, 2.24) is 18.7 Å². The summed E-state index contributed by atoms with van der Waals surface area (Å²) in [6.07, 6.45) is 0.909. The fourth-order valence-corrected chi connectivity index (χ4v) is 3.84. The van der Waals surface area contributed by atoms with Gasteiger partial charge in [-0.05, 0) is 41.8 Å². The summed E-state index contributed by atoms with van der Waals surface area (Å²) in [6, 6.07) is 12.9. The third-order valence-electron chi connectivity index (χ3n) is 5.20. The minimum Gasteiger partial charge on any atom is -0.425 e. The zero-order valence-corrected chi connectivity index (χ0v) is 18.7. The Balaban J connectivity index is 1.92. The van der Waals surface area contributed by atoms with Crippen molar-refractivity contribution in [2.24, 2.45) is 14.1 Å². The van der Waals surface area contributed by atoms with Gasteiger partial charge in [0.25, 0.3) is 5.56 Å². The smallest absolute Gasteiger partial charge is 0.332 e. The molecule has 31 heavy (non-hydrogen) atoms. The van der Waals surface area contributed by atoms with Gasteiger partial charge in [-0.15, -0.1) is 0 Å². The maximum Gasteiger partial charge on any atom is 0.332 e. The number of ether oxygens (including phenoxy) is 1. The Hall–Kier alpha value is -3.03. The molecule has 0 N–H and O–H groups in total. The van der Waals surface area contributed by atoms with Gasteiger partial charge in [0.15, 0.2) is 11.2 Å². The van der Waals surface area contributed by atoms with Gasteiger partial charge < -0.3 is 4.74 Å². The van der Waals surface area contributed by atoms with Crippen LogP contribution in [0.4, 0.5) is 0 Å². The van der Waals surface area contributed by atoms with E-state index in [4.69, 9.17) is 27.9 Å². The highest BCUT2D eigenvalue weighted by molar-refractivity contribution is 6.35. The molecular weight excluding hydrogens is 439 g/mol. The van der Waals surface area contributed by atoms with Crippen LogP contribution in [-0.2, 0) is 27.1 Å². The fraction of sp³-hybridized carbons (Fsp3) is 0.227. The number of benzene rings is 2. The first-order valence-corrected chi connectivity index (χ1v) is 10.4. The minimum absolute atomic E-state index is 0.184. The van der Waals surface area contributed by atoms with Crippen LogP contribution in [0.1, 0.15) is 18.1 Å². The highest BCUT2D eigenvalue weighted by Gasteiger charge is 2.21. The molecule has 0 aliphatic rings. The Bertz CT molecular complexity index is 1400. The Labute approximate surface area is 188 Å². The van der Waals surface area contributed by atoms with Crippen LogP contribution in [-0.4, -0.2) is 18.7 Å². The number of hydrogen-bond acceptors (Lipinski definition) is 4. The number of fused-ring (bicyclic) bond motifs is 1. The number of hydrogen-bond donors (Lipinski definition) is 0. The van der Waals surface area contributed by atoms with Gasteiger partial charge in [-0.1, -0.05) is 48.3 Å². The Morgan fingerprint density at radius 3 is 2.35 bits per heavy atom. The second-order valence-corrected chi connectivity index (χ2v) is 8.04. The monoisotopic (exact) mass is 458 g/mol. The largest absolute Gasteiger partial charge is 0.425 e. The molecular formula is C22H20Cl2N4O3. The number of rotatable bonds is 5. The van der Waals surface area contributed by atoms with Gasteiger partial charge >= 0.3 is 11.7 Å². The summed E-state index contributed by atoms with van der Waals surface area (Å²) < 4.78 is 10.0. The third kappa shape index (κ3) is 3.86. The van der Waals surface area contributed by atoms with Gasteiger partial charge in [0, 0.05) is 24.1 Å². The van der Waals surface area contributed by atoms with Crippen molar-refractivity contribution in [1.29, 1.82) is 0 Å². The SMILES string of the molecule is CCc1ccc(Oc2nc3c(c(=O)n(C)c(=O)n3C)n2Cc2ccc(Cl)cc2Cl)cc1. The van der Waals surface area contributed by atoms with Crippen molar-refractivity contribution in [3.63, 3.8) is 0 Å². The summed E-state index contributed by atoms with van der Waals surface area (Å²) in [6.45, 7) is 2.28. The van der Waals surface area contributed by atoms with Crippen molar-refractivity contribution in [3.05, 3.63) is 84.5 Å². The van der Waals surface area contributed by atoms with E-state index < -0.39 is 11.2 Å². The van der Waals surface area contributed by atoms with Gasteiger partial charge in [0.1, 0.15) is 5.75 Å². The van der Waals surface area contributed by atoms with E-state index in [1.165, 1.54) is 17.2 Å². The first-order chi connectivity index (χ1) is 14.8. The lowest BCUT2D eigenvalue weighted by atomic mass is 10.2. The van der Waals surface area contributed by atoms with Crippen LogP contribution in [0.2, 0.25) is 10.0 Å². The van der Waals surface area contributed by atoms with E-state index in [0.29, 0.717) is 15.8 Å². The molecule has 2 aromatic heterocycles. The van der Waals surface area contributed by atoms with E-state index in [1.54, 1.807) is 29.8 Å². The van der Waals surface area contributed by atoms with Crippen LogP contribution in [0.15, 0.2) is 52.1 Å². The number of aryl methyl sites for hydroxylation is 2. The molecule has 7 nitrogen and oxygen atoms in total. The molecule has 4 aromatic rings. The van der Waals surface area contributed by atoms with Gasteiger partial charge in [0.05, 0.1) is 6.54 Å². The molecule has 0 spiro atoms. The lowest BCUT2D eigenvalue weighted by Crippen LogP contribution is -2.37. The number of aromatic nitrogens is 4. The minimum atomic E-state index is -0.467. The highest BCUT2D eigenvalue weighted by Crippen LogP contribution is 2.28. The third-order valence-corrected chi connectivity index (χ3v) is 5.78. The molecule has 0 unspecified atom stereocenters. The molecule has 2 heterocycles. The molecule has 0 saturated carbocycles. The summed E-state index contributed by atoms with van der Waals surface area (Å²) in [5.74, 6) is 0.567. The van der Waals surface area contributed by atoms with Crippen LogP contribution in [0.5, 0.6) is 11.8 Å². The fourth-order valence-electron chi connectivity index (χ4n) is 3.37. The Morgan fingerprint density at radius 1 is 1.00 bits per heavy atom. The van der Waals surface area contributed by atoms with E-state index in [9.17, 15) is 9.59 Å². The molecule has 0 saturated heterocycles. The van der Waals surface area contributed by atoms with Crippen LogP contribution in [0.25, 0.3) is 11.2 Å². The molecule has 0 fully saturated rings. The Morgan fingerprint density at radius 2 is 1.71 bits per heavy atom. The van der Waals surface area contributed by atoms with Crippen LogP contribution >= 0.6 is 23.2 Å². The summed E-state index contributed by atoms with van der Waals surface area (Å²) >= 11 is 12.4. The summed E-state index contributed by atoms with van der Waals surface area (Å²) in [4.78, 5) is 29.9. The lowest BCUT2D eigenvalue weighted by molar-refractivity contribution is 0.421. The summed E-state index contributed by atoms with van der Waals surface area (Å²) in [5, 5.41) is 0.962. The average molecular weight is 459 g/mol. The standard InChI is InChI=1S/C22H20Cl2N4O3/c1-4-13-5-9-16(10-6-13)31-21-25-19-18(20(29)27(3)22(30)26(19)2)28(21)12-14-7-8-15(23)11-17(14)24/h5-11H,4,12H2,1-3H3. The normalized spacial score (nSPS) is 11.3. The van der Waals surface area contributed by atoms with E-state index in [2.05, 4.69) is 11.9 Å². The van der Waals surface area contributed by atoms with Gasteiger partial charge in [-0.2, -0.15) is 4.98 Å². The first kappa shape index (κ1) is 21.2. The lowest BCUT2D eigenvalue weighted by Gasteiger charge is -2.12. The Kier molecular flexibility index (Phi) is 5.64. The molecule has 0 amide bonds. The molecule has 160 valence electrons. The van der Waals surface area contributed by atoms with Crippen molar-refractivity contribution < 1.29 is 4.74 Å². The van der Waals surface area contributed by atoms with Crippen molar-refractivity contribution in [2.75, 3.05) is 0 Å². The zero-order valence-electron chi connectivity index (χ0n) is 17.2. The molecule has 0 radical (unpaired) electrons. The van der Waals surface area contributed by atoms with Crippen LogP contribution < -0.4 is 16.0 Å². The number of imidazole rings is 1. The van der Waals surface area contributed by atoms with E-state index in [1.807, 2.05) is 24.3 Å². The van der Waals surface area contributed by atoms with Gasteiger partial charge in [0.2, 0.25) is 0 Å². The van der Waals surface area contributed by atoms with Crippen LogP contribution in [0, 0.1) is 0 Å². The van der Waals surface area contributed by atoms with E-state index in [0.717, 1.165) is 16.6 Å². The summed E-state index contributed by atoms with van der Waals surface area (Å²) in [5.41, 5.74) is 1.45. The second kappa shape index (κ2) is 8.24. The zero-order chi connectivity index (χ0) is 22.3. The maximum absolute atomic E-state index is 13.0. The number of halogens is 2. The molecule has 4 rings (SSSR count). The van der Waals surface area contributed by atoms with E-state index >= 15 is 0 Å². The summed E-state index contributed by atoms with van der Waals surface area (Å²) in [7, 11) is 3.00. The number of nitrogens with zero attached hydrogens (tertiary/aromatic N) is 4. The predicted molar refractivity (Wildman–Crippen MR) is 122 cm³/mol. The molecule has 0 aliphatic heterocycles. The van der Waals surface area contributed by atoms with Crippen LogP contribution in [0.3, 0.4) is 0 Å². The van der Waals surface area contributed by atoms with Crippen molar-refractivity contribution in [2.45, 2.75) is 19.9 Å². The van der Waals surface area contributed by atoms with Gasteiger partial charge in [-0.3, -0.25) is 18.5 Å². The van der Waals surface area contributed by atoms with Crippen molar-refractivity contribution in [3.8, 4) is 11.8 Å². The molecule has 0 bridgehead atoms. The quantitative estimate of drug-likeness (QED) is 0.450. The molecule has 0 aliphatic carbocycles. The van der Waals surface area contributed by atoms with Gasteiger partial charge in [-0.25, -0.2) is 4.79 Å². The molecule has 0 atom stereocenters. The topological polar surface area (TPSA) is 71.1 Å². The highest BCUT2D eigenvalue weighted by atomic mass is 35.5. The average Bonchev–Trinajstić information content (AvgIpc) is 3.11. The first-order valence-electron chi connectivity index (χ1n) is 9.67. The predicted octanol–water partition coefficient (Wildman–Crippen LogP) is 4.14. The van der Waals surface area contributed by atoms with E-state index in [-0.39, 0.29) is 23.7 Å². The molecule has 2 aromatic carbocycles.